The predicted octanol–water partition coefficient (Wildman–Crippen LogP) is 3.67. The van der Waals surface area contributed by atoms with Crippen molar-refractivity contribution in [1.82, 2.24) is 0 Å². The topological polar surface area (TPSA) is 111 Å². The molecule has 3 rings (SSSR count). The number of sulfonamides is 1. The van der Waals surface area contributed by atoms with Crippen LogP contribution in [0.2, 0.25) is 0 Å². The van der Waals surface area contributed by atoms with E-state index in [2.05, 4.69) is 14.8 Å². The summed E-state index contributed by atoms with van der Waals surface area (Å²) in [6.07, 6.45) is 0. The predicted molar refractivity (Wildman–Crippen MR) is 116 cm³/mol. The highest BCUT2D eigenvalue weighted by Gasteiger charge is 2.19. The minimum absolute atomic E-state index is 0.0460. The summed E-state index contributed by atoms with van der Waals surface area (Å²) in [5.41, 5.74) is 0.319. The van der Waals surface area contributed by atoms with Crippen molar-refractivity contribution >= 4 is 33.3 Å². The summed E-state index contributed by atoms with van der Waals surface area (Å²) >= 11 is 0. The number of carbonyl (C=O) groups excluding carboxylic acids is 2. The summed E-state index contributed by atoms with van der Waals surface area (Å²) in [6, 6.07) is 14.9. The first kappa shape index (κ1) is 22.8. The van der Waals surface area contributed by atoms with Crippen molar-refractivity contribution < 1.29 is 31.9 Å². The first-order chi connectivity index (χ1) is 15.2. The van der Waals surface area contributed by atoms with Gasteiger partial charge in [-0.15, -0.1) is 0 Å². The lowest BCUT2D eigenvalue weighted by Gasteiger charge is -2.14. The summed E-state index contributed by atoms with van der Waals surface area (Å²) in [5.74, 6) is -1.84. The van der Waals surface area contributed by atoms with Gasteiger partial charge in [0.05, 0.1) is 35.9 Å². The van der Waals surface area contributed by atoms with E-state index in [1.165, 1.54) is 74.9 Å². The van der Waals surface area contributed by atoms with Crippen molar-refractivity contribution in [2.75, 3.05) is 24.3 Å². The number of esters is 1. The van der Waals surface area contributed by atoms with Gasteiger partial charge in [-0.2, -0.15) is 0 Å². The Morgan fingerprint density at radius 2 is 1.62 bits per heavy atom. The van der Waals surface area contributed by atoms with Gasteiger partial charge in [-0.3, -0.25) is 9.52 Å². The highest BCUT2D eigenvalue weighted by molar-refractivity contribution is 7.92. The van der Waals surface area contributed by atoms with E-state index < -0.39 is 27.7 Å². The monoisotopic (exact) mass is 458 g/mol. The number of ether oxygens (including phenoxy) is 2. The number of hydrogen-bond acceptors (Lipinski definition) is 6. The lowest BCUT2D eigenvalue weighted by Crippen LogP contribution is -2.16. The van der Waals surface area contributed by atoms with E-state index >= 15 is 0 Å². The summed E-state index contributed by atoms with van der Waals surface area (Å²) in [4.78, 5) is 23.8. The molecule has 166 valence electrons. The van der Waals surface area contributed by atoms with Crippen LogP contribution in [-0.2, 0) is 14.8 Å². The van der Waals surface area contributed by atoms with Crippen LogP contribution in [-0.4, -0.2) is 34.5 Å². The van der Waals surface area contributed by atoms with E-state index in [1.807, 2.05) is 0 Å². The fourth-order valence-electron chi connectivity index (χ4n) is 2.79. The smallest absolute Gasteiger partial charge is 0.337 e. The quantitative estimate of drug-likeness (QED) is 0.523. The summed E-state index contributed by atoms with van der Waals surface area (Å²) in [5, 5.41) is 2.47. The van der Waals surface area contributed by atoms with Crippen LogP contribution in [0.3, 0.4) is 0 Å². The molecule has 0 radical (unpaired) electrons. The molecule has 0 aliphatic carbocycles. The van der Waals surface area contributed by atoms with Crippen molar-refractivity contribution in [3.05, 3.63) is 83.7 Å². The maximum absolute atomic E-state index is 13.9. The zero-order valence-electron chi connectivity index (χ0n) is 17.1. The van der Waals surface area contributed by atoms with Crippen molar-refractivity contribution in [3.8, 4) is 5.75 Å². The molecular formula is C22H19FN2O6S. The molecule has 0 bridgehead atoms. The minimum Gasteiger partial charge on any atom is -0.495 e. The molecule has 0 heterocycles. The van der Waals surface area contributed by atoms with Gasteiger partial charge in [0.1, 0.15) is 11.6 Å². The molecule has 0 aromatic heterocycles. The third-order valence-corrected chi connectivity index (χ3v) is 5.79. The molecule has 0 aliphatic rings. The summed E-state index contributed by atoms with van der Waals surface area (Å²) in [6.45, 7) is 0. The van der Waals surface area contributed by atoms with Crippen LogP contribution in [0.25, 0.3) is 0 Å². The molecule has 8 nitrogen and oxygen atoms in total. The number of rotatable bonds is 7. The third kappa shape index (κ3) is 5.03. The molecule has 0 spiro atoms. The number of amides is 1. The van der Waals surface area contributed by atoms with Crippen molar-refractivity contribution in [2.24, 2.45) is 0 Å². The number of halogens is 1. The van der Waals surface area contributed by atoms with Crippen molar-refractivity contribution in [2.45, 2.75) is 4.90 Å². The zero-order valence-corrected chi connectivity index (χ0v) is 17.9. The lowest BCUT2D eigenvalue weighted by molar-refractivity contribution is 0.0600. The summed E-state index contributed by atoms with van der Waals surface area (Å²) < 4.78 is 51.7. The first-order valence-corrected chi connectivity index (χ1v) is 10.7. The molecule has 32 heavy (non-hydrogen) atoms. The van der Waals surface area contributed by atoms with Gasteiger partial charge in [0, 0.05) is 5.69 Å². The number of anilines is 2. The van der Waals surface area contributed by atoms with Gasteiger partial charge in [-0.05, 0) is 54.6 Å². The van der Waals surface area contributed by atoms with Gasteiger partial charge < -0.3 is 14.8 Å². The fraction of sp³-hybridized carbons (Fsp3) is 0.0909. The second kappa shape index (κ2) is 9.48. The van der Waals surface area contributed by atoms with Gasteiger partial charge in [0.25, 0.3) is 15.9 Å². The van der Waals surface area contributed by atoms with E-state index in [0.717, 1.165) is 6.07 Å². The van der Waals surface area contributed by atoms with Crippen LogP contribution < -0.4 is 14.8 Å². The average Bonchev–Trinajstić information content (AvgIpc) is 2.79. The van der Waals surface area contributed by atoms with E-state index in [1.54, 1.807) is 0 Å². The molecule has 0 saturated heterocycles. The number of benzene rings is 3. The number of hydrogen-bond donors (Lipinski definition) is 2. The minimum atomic E-state index is -4.06. The van der Waals surface area contributed by atoms with Crippen LogP contribution in [0.4, 0.5) is 15.8 Å². The van der Waals surface area contributed by atoms with E-state index in [0.29, 0.717) is 0 Å². The molecule has 0 unspecified atom stereocenters. The molecule has 1 amide bonds. The molecular weight excluding hydrogens is 439 g/mol. The Kier molecular flexibility index (Phi) is 6.74. The standard InChI is InChI=1S/C22H19FN2O6S/c1-30-20-12-11-16(13-19(20)24-21(26)17-5-3-4-6-18(17)23)32(28,29)25-15-9-7-14(8-10-15)22(27)31-2/h3-13,25H,1-2H3,(H,24,26). The molecule has 3 aromatic carbocycles. The Bertz CT molecular complexity index is 1260. The van der Waals surface area contributed by atoms with Crippen LogP contribution in [0.1, 0.15) is 20.7 Å². The molecule has 2 N–H and O–H groups in total. The average molecular weight is 458 g/mol. The Balaban J connectivity index is 1.87. The largest absolute Gasteiger partial charge is 0.495 e. The second-order valence-corrected chi connectivity index (χ2v) is 8.15. The Morgan fingerprint density at radius 3 is 2.25 bits per heavy atom. The maximum atomic E-state index is 13.9. The highest BCUT2D eigenvalue weighted by atomic mass is 32.2. The van der Waals surface area contributed by atoms with Gasteiger partial charge in [0.2, 0.25) is 0 Å². The Morgan fingerprint density at radius 1 is 0.938 bits per heavy atom. The Labute approximate surface area is 184 Å². The molecule has 0 fully saturated rings. The molecule has 3 aromatic rings. The zero-order chi connectivity index (χ0) is 23.3. The SMILES string of the molecule is COC(=O)c1ccc(NS(=O)(=O)c2ccc(OC)c(NC(=O)c3ccccc3F)c2)cc1. The first-order valence-electron chi connectivity index (χ1n) is 9.20. The highest BCUT2D eigenvalue weighted by Crippen LogP contribution is 2.29. The van der Waals surface area contributed by atoms with E-state index in [4.69, 9.17) is 4.74 Å². The molecule has 10 heteroatoms. The normalized spacial score (nSPS) is 10.8. The fourth-order valence-corrected chi connectivity index (χ4v) is 3.88. The van der Waals surface area contributed by atoms with Gasteiger partial charge in [0.15, 0.2) is 0 Å². The van der Waals surface area contributed by atoms with E-state index in [-0.39, 0.29) is 33.1 Å². The third-order valence-electron chi connectivity index (χ3n) is 4.41. The Hall–Kier alpha value is -3.92. The van der Waals surface area contributed by atoms with Crippen LogP contribution >= 0.6 is 0 Å². The van der Waals surface area contributed by atoms with E-state index in [9.17, 15) is 22.4 Å². The van der Waals surface area contributed by atoms with Crippen LogP contribution in [0.15, 0.2) is 71.6 Å². The van der Waals surface area contributed by atoms with Crippen molar-refractivity contribution in [1.29, 1.82) is 0 Å². The molecule has 0 atom stereocenters. The number of nitrogens with one attached hydrogen (secondary N) is 2. The van der Waals surface area contributed by atoms with Gasteiger partial charge in [-0.25, -0.2) is 17.6 Å². The lowest BCUT2D eigenvalue weighted by atomic mass is 10.2. The molecule has 0 aliphatic heterocycles. The van der Waals surface area contributed by atoms with Crippen molar-refractivity contribution in [3.63, 3.8) is 0 Å². The summed E-state index contributed by atoms with van der Waals surface area (Å²) in [7, 11) is -1.46. The maximum Gasteiger partial charge on any atom is 0.337 e. The van der Waals surface area contributed by atoms with Crippen LogP contribution in [0.5, 0.6) is 5.75 Å². The van der Waals surface area contributed by atoms with Crippen LogP contribution in [0, 0.1) is 5.82 Å². The molecule has 0 saturated carbocycles. The van der Waals surface area contributed by atoms with Gasteiger partial charge in [-0.1, -0.05) is 12.1 Å². The second-order valence-electron chi connectivity index (χ2n) is 6.47. The number of carbonyl (C=O) groups is 2. The van der Waals surface area contributed by atoms with Gasteiger partial charge >= 0.3 is 5.97 Å². The number of methoxy groups -OCH3 is 2.